The number of quaternary nitrogens is 1. The lowest BCUT2D eigenvalue weighted by Gasteiger charge is -2.20. The summed E-state index contributed by atoms with van der Waals surface area (Å²) in [5, 5.41) is 0.469. The summed E-state index contributed by atoms with van der Waals surface area (Å²) in [6.45, 7) is 2.66. The van der Waals surface area contributed by atoms with Gasteiger partial charge in [-0.1, -0.05) is 29.5 Å². The van der Waals surface area contributed by atoms with Crippen molar-refractivity contribution in [2.45, 2.75) is 6.92 Å². The lowest BCUT2D eigenvalue weighted by atomic mass is 10.1. The number of aromatic nitrogens is 1. The Kier molecular flexibility index (Phi) is 5.62. The molecule has 0 fully saturated rings. The number of halogens is 1. The predicted molar refractivity (Wildman–Crippen MR) is 105 cm³/mol. The lowest BCUT2D eigenvalue weighted by Crippen LogP contribution is -3.06. The van der Waals surface area contributed by atoms with Gasteiger partial charge < -0.3 is 4.90 Å². The SMILES string of the molecule is CC(=O)c1ccc(C(=O)N(CC[NH+](C)C)c2nc3c(F)cccc3s2)cc1. The number of likely N-dealkylation sites (N-methyl/N-ethyl adjacent to an activating group) is 1. The number of ketones is 1. The smallest absolute Gasteiger partial charge is 0.260 e. The van der Waals surface area contributed by atoms with Crippen LogP contribution in [0.4, 0.5) is 9.52 Å². The Balaban J connectivity index is 1.97. The number of carbonyl (C=O) groups is 2. The minimum Gasteiger partial charge on any atom is -0.338 e. The van der Waals surface area contributed by atoms with Crippen LogP contribution in [0.15, 0.2) is 42.5 Å². The van der Waals surface area contributed by atoms with E-state index in [1.807, 2.05) is 14.1 Å². The van der Waals surface area contributed by atoms with Gasteiger partial charge in [-0.2, -0.15) is 0 Å². The molecule has 140 valence electrons. The third-order valence-corrected chi connectivity index (χ3v) is 5.25. The molecule has 1 amide bonds. The van der Waals surface area contributed by atoms with E-state index in [1.165, 1.54) is 29.2 Å². The van der Waals surface area contributed by atoms with Gasteiger partial charge in [-0.15, -0.1) is 0 Å². The van der Waals surface area contributed by atoms with Gasteiger partial charge in [0.25, 0.3) is 5.91 Å². The number of thiazole rings is 1. The summed E-state index contributed by atoms with van der Waals surface area (Å²) in [4.78, 5) is 31.7. The standard InChI is InChI=1S/C20H20FN3O2S/c1-13(25)14-7-9-15(10-8-14)19(26)24(12-11-23(2)3)20-22-18-16(21)5-4-6-17(18)27-20/h4-10H,11-12H2,1-3H3/p+1. The molecule has 1 heterocycles. The van der Waals surface area contributed by atoms with E-state index in [0.717, 1.165) is 6.54 Å². The number of benzene rings is 2. The molecule has 0 radical (unpaired) electrons. The molecular formula is C20H21FN3O2S+. The normalized spacial score (nSPS) is 11.1. The van der Waals surface area contributed by atoms with Crippen LogP contribution in [0.2, 0.25) is 0 Å². The van der Waals surface area contributed by atoms with Crippen molar-refractivity contribution < 1.29 is 18.9 Å². The van der Waals surface area contributed by atoms with Crippen molar-refractivity contribution in [1.82, 2.24) is 4.98 Å². The van der Waals surface area contributed by atoms with Crippen molar-refractivity contribution in [2.75, 3.05) is 32.1 Å². The van der Waals surface area contributed by atoms with Gasteiger partial charge in [-0.25, -0.2) is 9.37 Å². The first-order valence-electron chi connectivity index (χ1n) is 8.64. The molecule has 3 rings (SSSR count). The minimum atomic E-state index is -0.397. The minimum absolute atomic E-state index is 0.0521. The molecule has 1 N–H and O–H groups in total. The van der Waals surface area contributed by atoms with Crippen molar-refractivity contribution in [3.63, 3.8) is 0 Å². The summed E-state index contributed by atoms with van der Waals surface area (Å²) in [6, 6.07) is 11.4. The number of carbonyl (C=O) groups excluding carboxylic acids is 2. The third kappa shape index (κ3) is 4.20. The van der Waals surface area contributed by atoms with Gasteiger partial charge >= 0.3 is 0 Å². The molecule has 7 heteroatoms. The van der Waals surface area contributed by atoms with E-state index in [9.17, 15) is 14.0 Å². The Hall–Kier alpha value is -2.64. The average molecular weight is 386 g/mol. The zero-order valence-corrected chi connectivity index (χ0v) is 16.3. The van der Waals surface area contributed by atoms with Crippen molar-refractivity contribution in [1.29, 1.82) is 0 Å². The first kappa shape index (κ1) is 19.1. The van der Waals surface area contributed by atoms with Gasteiger partial charge in [0.1, 0.15) is 11.3 Å². The fraction of sp³-hybridized carbons (Fsp3) is 0.250. The number of anilines is 1. The van der Waals surface area contributed by atoms with Crippen LogP contribution in [-0.2, 0) is 0 Å². The second-order valence-electron chi connectivity index (χ2n) is 6.63. The van der Waals surface area contributed by atoms with Crippen LogP contribution in [0.1, 0.15) is 27.6 Å². The summed E-state index contributed by atoms with van der Waals surface area (Å²) in [7, 11) is 4.00. The summed E-state index contributed by atoms with van der Waals surface area (Å²) < 4.78 is 14.7. The van der Waals surface area contributed by atoms with E-state index in [-0.39, 0.29) is 17.2 Å². The van der Waals surface area contributed by atoms with Crippen LogP contribution in [0, 0.1) is 5.82 Å². The largest absolute Gasteiger partial charge is 0.338 e. The first-order chi connectivity index (χ1) is 12.9. The number of para-hydroxylation sites is 1. The zero-order valence-electron chi connectivity index (χ0n) is 15.5. The molecule has 0 atom stereocenters. The first-order valence-corrected chi connectivity index (χ1v) is 9.45. The van der Waals surface area contributed by atoms with Crippen molar-refractivity contribution >= 4 is 38.4 Å². The predicted octanol–water partition coefficient (Wildman–Crippen LogP) is 2.43. The second-order valence-corrected chi connectivity index (χ2v) is 7.64. The molecule has 0 unspecified atom stereocenters. The van der Waals surface area contributed by atoms with E-state index >= 15 is 0 Å². The van der Waals surface area contributed by atoms with Crippen LogP contribution in [0.5, 0.6) is 0 Å². The molecule has 0 aliphatic heterocycles. The van der Waals surface area contributed by atoms with E-state index in [0.29, 0.717) is 27.5 Å². The van der Waals surface area contributed by atoms with E-state index in [1.54, 1.807) is 41.3 Å². The Morgan fingerprint density at radius 2 is 1.78 bits per heavy atom. The van der Waals surface area contributed by atoms with Gasteiger partial charge in [0, 0.05) is 11.1 Å². The molecule has 0 bridgehead atoms. The average Bonchev–Trinajstić information content (AvgIpc) is 3.07. The summed E-state index contributed by atoms with van der Waals surface area (Å²) >= 11 is 1.29. The highest BCUT2D eigenvalue weighted by Crippen LogP contribution is 2.30. The number of Topliss-reactive ketones (excluding diaryl/α,β-unsaturated/α-hetero) is 1. The highest BCUT2D eigenvalue weighted by molar-refractivity contribution is 7.22. The Bertz CT molecular complexity index is 983. The van der Waals surface area contributed by atoms with Crippen LogP contribution < -0.4 is 9.80 Å². The van der Waals surface area contributed by atoms with E-state index in [4.69, 9.17) is 0 Å². The van der Waals surface area contributed by atoms with E-state index < -0.39 is 5.82 Å². The maximum absolute atomic E-state index is 14.0. The monoisotopic (exact) mass is 386 g/mol. The molecule has 27 heavy (non-hydrogen) atoms. The molecule has 0 saturated heterocycles. The number of hydrogen-bond donors (Lipinski definition) is 1. The number of nitrogens with zero attached hydrogens (tertiary/aromatic N) is 2. The van der Waals surface area contributed by atoms with Gasteiger partial charge in [0.2, 0.25) is 0 Å². The number of hydrogen-bond acceptors (Lipinski definition) is 4. The highest BCUT2D eigenvalue weighted by Gasteiger charge is 2.23. The van der Waals surface area contributed by atoms with Crippen LogP contribution in [-0.4, -0.2) is 43.9 Å². The van der Waals surface area contributed by atoms with Gasteiger partial charge in [-0.3, -0.25) is 14.5 Å². The van der Waals surface area contributed by atoms with Gasteiger partial charge in [0.05, 0.1) is 31.9 Å². The highest BCUT2D eigenvalue weighted by atomic mass is 32.1. The van der Waals surface area contributed by atoms with Crippen LogP contribution >= 0.6 is 11.3 Å². The molecule has 3 aromatic rings. The fourth-order valence-corrected chi connectivity index (χ4v) is 3.65. The third-order valence-electron chi connectivity index (χ3n) is 4.21. The number of amides is 1. The molecule has 0 aliphatic rings. The summed E-state index contributed by atoms with van der Waals surface area (Å²) in [6.07, 6.45) is 0. The fourth-order valence-electron chi connectivity index (χ4n) is 2.64. The Morgan fingerprint density at radius 3 is 2.37 bits per heavy atom. The maximum atomic E-state index is 14.0. The summed E-state index contributed by atoms with van der Waals surface area (Å²) in [5.74, 6) is -0.666. The van der Waals surface area contributed by atoms with Gasteiger partial charge in [-0.05, 0) is 31.2 Å². The lowest BCUT2D eigenvalue weighted by molar-refractivity contribution is -0.856. The molecule has 2 aromatic carbocycles. The van der Waals surface area contributed by atoms with Crippen LogP contribution in [0.3, 0.4) is 0 Å². The zero-order chi connectivity index (χ0) is 19.6. The Morgan fingerprint density at radius 1 is 1.11 bits per heavy atom. The molecule has 0 aliphatic carbocycles. The molecule has 1 aromatic heterocycles. The molecule has 0 saturated carbocycles. The number of nitrogens with one attached hydrogen (secondary N) is 1. The maximum Gasteiger partial charge on any atom is 0.260 e. The second kappa shape index (κ2) is 7.94. The van der Waals surface area contributed by atoms with E-state index in [2.05, 4.69) is 4.98 Å². The summed E-state index contributed by atoms with van der Waals surface area (Å²) in [5.41, 5.74) is 1.30. The quantitative estimate of drug-likeness (QED) is 0.662. The molecular weight excluding hydrogens is 365 g/mol. The molecule has 5 nitrogen and oxygen atoms in total. The topological polar surface area (TPSA) is 54.7 Å². The number of rotatable bonds is 6. The molecule has 0 spiro atoms. The van der Waals surface area contributed by atoms with Crippen molar-refractivity contribution in [2.24, 2.45) is 0 Å². The van der Waals surface area contributed by atoms with Crippen molar-refractivity contribution in [3.8, 4) is 0 Å². The number of fused-ring (bicyclic) bond motifs is 1. The Labute approximate surface area is 161 Å². The van der Waals surface area contributed by atoms with Crippen molar-refractivity contribution in [3.05, 3.63) is 59.4 Å². The van der Waals surface area contributed by atoms with Gasteiger partial charge in [0.15, 0.2) is 10.9 Å². The van der Waals surface area contributed by atoms with Crippen LogP contribution in [0.25, 0.3) is 10.2 Å².